The van der Waals surface area contributed by atoms with E-state index in [-0.39, 0.29) is 17.5 Å². The first-order chi connectivity index (χ1) is 11.6. The van der Waals surface area contributed by atoms with Crippen LogP contribution in [-0.2, 0) is 6.42 Å². The summed E-state index contributed by atoms with van der Waals surface area (Å²) >= 11 is 1.34. The number of carbonyl (C=O) groups is 1. The molecule has 0 atom stereocenters. The molecule has 8 heteroatoms. The minimum absolute atomic E-state index is 0.0320. The Balaban J connectivity index is 1.94. The molecule has 2 heterocycles. The molecule has 0 aliphatic heterocycles. The zero-order valence-electron chi connectivity index (χ0n) is 13.1. The second kappa shape index (κ2) is 6.79. The number of anilines is 2. The number of Topliss-reactive ketones (excluding diaryl/α,β-unsaturated/α-hetero) is 1. The van der Waals surface area contributed by atoms with Crippen molar-refractivity contribution >= 4 is 40.5 Å². The Morgan fingerprint density at radius 1 is 1.08 bits per heavy atom. The zero-order valence-corrected chi connectivity index (χ0v) is 13.9. The minimum Gasteiger partial charge on any atom is -0.382 e. The molecular weight excluding hydrogens is 324 g/mol. The highest BCUT2D eigenvalue weighted by Gasteiger charge is 2.18. The normalized spacial score (nSPS) is 10.9. The van der Waals surface area contributed by atoms with Crippen molar-refractivity contribution in [2.45, 2.75) is 17.9 Å². The van der Waals surface area contributed by atoms with Crippen molar-refractivity contribution in [3.8, 4) is 0 Å². The number of nitrogens with two attached hydrogens (primary N) is 2. The lowest BCUT2D eigenvalue weighted by atomic mass is 10.1. The topological polar surface area (TPSA) is 121 Å². The zero-order chi connectivity index (χ0) is 17.1. The van der Waals surface area contributed by atoms with Gasteiger partial charge in [-0.3, -0.25) is 4.79 Å². The number of aromatic nitrogens is 4. The molecule has 2 aromatic heterocycles. The van der Waals surface area contributed by atoms with E-state index in [4.69, 9.17) is 11.5 Å². The third-order valence-electron chi connectivity index (χ3n) is 3.48. The monoisotopic (exact) mass is 340 g/mol. The highest BCUT2D eigenvalue weighted by Crippen LogP contribution is 2.23. The number of hydrogen-bond donors (Lipinski definition) is 2. The van der Waals surface area contributed by atoms with Crippen molar-refractivity contribution in [1.29, 1.82) is 0 Å². The largest absolute Gasteiger partial charge is 0.382 e. The molecule has 7 nitrogen and oxygen atoms in total. The van der Waals surface area contributed by atoms with Crippen LogP contribution in [0.4, 0.5) is 11.8 Å². The van der Waals surface area contributed by atoms with Gasteiger partial charge in [0.25, 0.3) is 0 Å². The molecule has 0 unspecified atom stereocenters. The van der Waals surface area contributed by atoms with Crippen LogP contribution in [0.1, 0.15) is 22.5 Å². The highest BCUT2D eigenvalue weighted by atomic mass is 32.2. The van der Waals surface area contributed by atoms with E-state index in [0.717, 1.165) is 5.56 Å². The van der Waals surface area contributed by atoms with Gasteiger partial charge in [-0.2, -0.15) is 9.97 Å². The first-order valence-corrected chi connectivity index (χ1v) is 8.53. The van der Waals surface area contributed by atoms with Crippen LogP contribution in [-0.4, -0.2) is 32.0 Å². The van der Waals surface area contributed by atoms with Gasteiger partial charge >= 0.3 is 0 Å². The molecule has 0 saturated heterocycles. The van der Waals surface area contributed by atoms with Gasteiger partial charge in [-0.05, 0) is 18.2 Å². The Kier molecular flexibility index (Phi) is 4.57. The number of carbonyl (C=O) groups excluding carboxylic acids is 1. The summed E-state index contributed by atoms with van der Waals surface area (Å²) in [6, 6.07) is 9.82. The number of nitrogen functional groups attached to an aromatic ring is 2. The van der Waals surface area contributed by atoms with Crippen molar-refractivity contribution in [3.63, 3.8) is 0 Å². The summed E-state index contributed by atoms with van der Waals surface area (Å²) < 4.78 is 0. The predicted molar refractivity (Wildman–Crippen MR) is 94.8 cm³/mol. The van der Waals surface area contributed by atoms with E-state index < -0.39 is 0 Å². The Labute approximate surface area is 142 Å². The lowest BCUT2D eigenvalue weighted by Crippen LogP contribution is -2.10. The summed E-state index contributed by atoms with van der Waals surface area (Å²) in [4.78, 5) is 29.2. The molecule has 1 aromatic carbocycles. The van der Waals surface area contributed by atoms with Gasteiger partial charge in [0, 0.05) is 6.42 Å². The van der Waals surface area contributed by atoms with Crippen LogP contribution in [0.25, 0.3) is 11.2 Å². The van der Waals surface area contributed by atoms with Gasteiger partial charge in [-0.25, -0.2) is 9.97 Å². The lowest BCUT2D eigenvalue weighted by Gasteiger charge is -2.08. The maximum atomic E-state index is 12.6. The van der Waals surface area contributed by atoms with Gasteiger partial charge in [-0.1, -0.05) is 30.3 Å². The number of rotatable bonds is 5. The maximum absolute atomic E-state index is 12.6. The summed E-state index contributed by atoms with van der Waals surface area (Å²) in [5.41, 5.74) is 13.4. The van der Waals surface area contributed by atoms with Gasteiger partial charge < -0.3 is 11.5 Å². The smallest absolute Gasteiger partial charge is 0.224 e. The van der Waals surface area contributed by atoms with Crippen LogP contribution in [0, 0.1) is 0 Å². The molecule has 3 rings (SSSR count). The van der Waals surface area contributed by atoms with Gasteiger partial charge in [-0.15, -0.1) is 11.8 Å². The van der Waals surface area contributed by atoms with E-state index in [0.29, 0.717) is 34.7 Å². The molecule has 3 aromatic rings. The van der Waals surface area contributed by atoms with E-state index >= 15 is 0 Å². The van der Waals surface area contributed by atoms with E-state index in [2.05, 4.69) is 19.9 Å². The average Bonchev–Trinajstić information content (AvgIpc) is 2.59. The molecule has 0 radical (unpaired) electrons. The summed E-state index contributed by atoms with van der Waals surface area (Å²) in [6.07, 6.45) is 2.81. The fourth-order valence-corrected chi connectivity index (χ4v) is 2.85. The van der Waals surface area contributed by atoms with Gasteiger partial charge in [0.2, 0.25) is 5.95 Å². The molecule has 24 heavy (non-hydrogen) atoms. The number of ketones is 1. The Hall–Kier alpha value is -2.74. The molecule has 0 bridgehead atoms. The summed E-state index contributed by atoms with van der Waals surface area (Å²) in [5, 5.41) is 0.512. The van der Waals surface area contributed by atoms with Gasteiger partial charge in [0.05, 0.1) is 0 Å². The third kappa shape index (κ3) is 3.28. The molecule has 4 N–H and O–H groups in total. The molecule has 0 spiro atoms. The highest BCUT2D eigenvalue weighted by molar-refractivity contribution is 7.98. The predicted octanol–water partition coefficient (Wildman–Crippen LogP) is 2.12. The van der Waals surface area contributed by atoms with Crippen molar-refractivity contribution in [3.05, 3.63) is 41.6 Å². The molecule has 0 fully saturated rings. The van der Waals surface area contributed by atoms with Crippen LogP contribution in [0.2, 0.25) is 0 Å². The Bertz CT molecular complexity index is 900. The van der Waals surface area contributed by atoms with Crippen molar-refractivity contribution in [1.82, 2.24) is 19.9 Å². The quantitative estimate of drug-likeness (QED) is 0.535. The molecular formula is C16H16N6OS. The van der Waals surface area contributed by atoms with Crippen LogP contribution in [0.5, 0.6) is 0 Å². The van der Waals surface area contributed by atoms with Gasteiger partial charge in [0.1, 0.15) is 10.7 Å². The van der Waals surface area contributed by atoms with Crippen LogP contribution < -0.4 is 11.5 Å². The number of benzene rings is 1. The molecule has 0 amide bonds. The van der Waals surface area contributed by atoms with E-state index in [1.54, 1.807) is 0 Å². The van der Waals surface area contributed by atoms with Crippen LogP contribution in [0.15, 0.2) is 35.4 Å². The van der Waals surface area contributed by atoms with Crippen molar-refractivity contribution in [2.24, 2.45) is 0 Å². The Morgan fingerprint density at radius 2 is 1.83 bits per heavy atom. The summed E-state index contributed by atoms with van der Waals surface area (Å²) in [7, 11) is 0. The number of thioether (sulfide) groups is 1. The summed E-state index contributed by atoms with van der Waals surface area (Å²) in [5.74, 6) is 0.0631. The summed E-state index contributed by atoms with van der Waals surface area (Å²) in [6.45, 7) is 0. The first-order valence-electron chi connectivity index (χ1n) is 7.30. The average molecular weight is 340 g/mol. The van der Waals surface area contributed by atoms with Crippen LogP contribution >= 0.6 is 11.8 Å². The fourth-order valence-electron chi connectivity index (χ4n) is 2.32. The lowest BCUT2D eigenvalue weighted by molar-refractivity contribution is 0.0974. The number of nitrogens with zero attached hydrogens (tertiary/aromatic N) is 4. The number of fused-ring (bicyclic) bond motifs is 1. The second-order valence-corrected chi connectivity index (χ2v) is 5.92. The van der Waals surface area contributed by atoms with E-state index in [9.17, 15) is 4.79 Å². The van der Waals surface area contributed by atoms with Crippen LogP contribution in [0.3, 0.4) is 0 Å². The third-order valence-corrected chi connectivity index (χ3v) is 4.16. The number of aryl methyl sites for hydroxylation is 1. The molecule has 0 saturated carbocycles. The Morgan fingerprint density at radius 3 is 2.54 bits per heavy atom. The minimum atomic E-state index is -0.0890. The van der Waals surface area contributed by atoms with E-state index in [1.807, 2.05) is 36.6 Å². The molecule has 122 valence electrons. The number of hydrogen-bond acceptors (Lipinski definition) is 8. The maximum Gasteiger partial charge on any atom is 0.224 e. The standard InChI is InChI=1S/C16H16N6OS/c1-24-15-11(10(23)8-7-9-5-3-2-4-6-9)19-12-13(17)20-16(18)22-14(12)21-15/h2-6H,7-8H2,1H3,(H4,17,18,20,21,22). The second-order valence-electron chi connectivity index (χ2n) is 5.13. The van der Waals surface area contributed by atoms with Gasteiger partial charge in [0.15, 0.2) is 22.8 Å². The van der Waals surface area contributed by atoms with Crippen molar-refractivity contribution < 1.29 is 4.79 Å². The fraction of sp³-hybridized carbons (Fsp3) is 0.188. The molecule has 0 aliphatic rings. The van der Waals surface area contributed by atoms with E-state index in [1.165, 1.54) is 11.8 Å². The van der Waals surface area contributed by atoms with Crippen molar-refractivity contribution in [2.75, 3.05) is 17.7 Å². The SMILES string of the molecule is CSc1nc2nc(N)nc(N)c2nc1C(=O)CCc1ccccc1. The molecule has 0 aliphatic carbocycles. The first kappa shape index (κ1) is 16.1.